The Morgan fingerprint density at radius 2 is 1.59 bits per heavy atom. The topological polar surface area (TPSA) is 98.9 Å². The van der Waals surface area contributed by atoms with Crippen LogP contribution in [0.1, 0.15) is 28.7 Å². The van der Waals surface area contributed by atoms with Crippen molar-refractivity contribution < 1.29 is 28.5 Å². The van der Waals surface area contributed by atoms with E-state index in [1.165, 1.54) is 0 Å². The van der Waals surface area contributed by atoms with Gasteiger partial charge in [0.25, 0.3) is 0 Å². The highest BCUT2D eigenvalue weighted by Crippen LogP contribution is 2.51. The summed E-state index contributed by atoms with van der Waals surface area (Å²) in [5.74, 6) is 0.292. The van der Waals surface area contributed by atoms with Crippen LogP contribution < -0.4 is 24.3 Å². The number of rotatable bonds is 5. The van der Waals surface area contributed by atoms with Crippen molar-refractivity contribution in [3.05, 3.63) is 47.2 Å². The quantitative estimate of drug-likeness (QED) is 0.597. The summed E-state index contributed by atoms with van der Waals surface area (Å²) >= 11 is 0. The number of aromatic nitrogens is 1. The predicted molar refractivity (Wildman–Crippen MR) is 117 cm³/mol. The van der Waals surface area contributed by atoms with Crippen LogP contribution in [0.25, 0.3) is 10.9 Å². The third-order valence-corrected chi connectivity index (χ3v) is 6.60. The van der Waals surface area contributed by atoms with Crippen LogP contribution in [-0.4, -0.2) is 45.2 Å². The zero-order valence-corrected chi connectivity index (χ0v) is 18.3. The van der Waals surface area contributed by atoms with Crippen molar-refractivity contribution in [3.8, 4) is 23.0 Å². The Labute approximate surface area is 184 Å². The van der Waals surface area contributed by atoms with Gasteiger partial charge in [0.1, 0.15) is 5.75 Å². The Balaban J connectivity index is 1.70. The van der Waals surface area contributed by atoms with E-state index in [2.05, 4.69) is 10.3 Å². The molecule has 0 unspecified atom stereocenters. The SMILES string of the molecule is COc1ccc2[nH]c3c(c2c1)[C@H]1C(=O)NC(=O)[C@H]1[C@@H](c1cc(OC)c(OC)c(OC)c1)C3. The van der Waals surface area contributed by atoms with Crippen LogP contribution >= 0.6 is 0 Å². The molecule has 0 saturated carbocycles. The zero-order valence-electron chi connectivity index (χ0n) is 18.3. The van der Waals surface area contributed by atoms with E-state index in [0.717, 1.165) is 27.7 Å². The molecule has 8 heteroatoms. The van der Waals surface area contributed by atoms with Crippen LogP contribution in [0.15, 0.2) is 30.3 Å². The molecule has 1 aliphatic carbocycles. The molecule has 0 spiro atoms. The van der Waals surface area contributed by atoms with E-state index >= 15 is 0 Å². The molecule has 2 amide bonds. The fraction of sp³-hybridized carbons (Fsp3) is 0.333. The van der Waals surface area contributed by atoms with Gasteiger partial charge in [0.2, 0.25) is 17.6 Å². The smallest absolute Gasteiger partial charge is 0.235 e. The first-order valence-electron chi connectivity index (χ1n) is 10.3. The second-order valence-electron chi connectivity index (χ2n) is 8.05. The lowest BCUT2D eigenvalue weighted by molar-refractivity contribution is -0.126. The van der Waals surface area contributed by atoms with Gasteiger partial charge in [-0.15, -0.1) is 0 Å². The number of H-pyrrole nitrogens is 1. The van der Waals surface area contributed by atoms with E-state index in [0.29, 0.717) is 29.4 Å². The first-order valence-corrected chi connectivity index (χ1v) is 10.3. The Morgan fingerprint density at radius 1 is 0.875 bits per heavy atom. The lowest BCUT2D eigenvalue weighted by atomic mass is 9.69. The van der Waals surface area contributed by atoms with Crippen molar-refractivity contribution in [1.82, 2.24) is 10.3 Å². The molecule has 32 heavy (non-hydrogen) atoms. The third kappa shape index (κ3) is 2.82. The van der Waals surface area contributed by atoms with Gasteiger partial charge in [-0.3, -0.25) is 14.9 Å². The van der Waals surface area contributed by atoms with Gasteiger partial charge in [0.15, 0.2) is 11.5 Å². The normalized spacial score (nSPS) is 21.7. The van der Waals surface area contributed by atoms with Crippen LogP contribution in [0.5, 0.6) is 23.0 Å². The van der Waals surface area contributed by atoms with Crippen molar-refractivity contribution in [2.24, 2.45) is 5.92 Å². The number of benzene rings is 2. The van der Waals surface area contributed by atoms with Gasteiger partial charge in [-0.05, 0) is 47.9 Å². The highest BCUT2D eigenvalue weighted by atomic mass is 16.5. The summed E-state index contributed by atoms with van der Waals surface area (Å²) in [7, 11) is 6.26. The molecule has 1 aromatic heterocycles. The summed E-state index contributed by atoms with van der Waals surface area (Å²) in [5.41, 5.74) is 3.57. The number of nitrogens with one attached hydrogen (secondary N) is 2. The number of fused-ring (bicyclic) bond motifs is 5. The number of amides is 2. The molecular weight excluding hydrogens is 412 g/mol. The van der Waals surface area contributed by atoms with Crippen molar-refractivity contribution in [2.45, 2.75) is 18.3 Å². The van der Waals surface area contributed by atoms with E-state index in [1.807, 2.05) is 30.3 Å². The molecule has 8 nitrogen and oxygen atoms in total. The van der Waals surface area contributed by atoms with Gasteiger partial charge in [0, 0.05) is 22.5 Å². The summed E-state index contributed by atoms with van der Waals surface area (Å²) in [4.78, 5) is 29.4. The average Bonchev–Trinajstić information content (AvgIpc) is 3.32. The molecule has 2 heterocycles. The van der Waals surface area contributed by atoms with Crippen LogP contribution in [-0.2, 0) is 16.0 Å². The number of methoxy groups -OCH3 is 4. The van der Waals surface area contributed by atoms with Gasteiger partial charge in [0.05, 0.1) is 40.3 Å². The number of hydrogen-bond donors (Lipinski definition) is 2. The van der Waals surface area contributed by atoms with E-state index in [1.54, 1.807) is 28.4 Å². The summed E-state index contributed by atoms with van der Waals surface area (Å²) in [5, 5.41) is 3.46. The Morgan fingerprint density at radius 3 is 2.22 bits per heavy atom. The summed E-state index contributed by atoms with van der Waals surface area (Å²) in [6.07, 6.45) is 0.562. The van der Waals surface area contributed by atoms with E-state index in [4.69, 9.17) is 18.9 Å². The molecule has 1 fully saturated rings. The lowest BCUT2D eigenvalue weighted by Crippen LogP contribution is -2.30. The zero-order chi connectivity index (χ0) is 22.6. The molecule has 1 saturated heterocycles. The van der Waals surface area contributed by atoms with E-state index < -0.39 is 11.8 Å². The molecule has 166 valence electrons. The van der Waals surface area contributed by atoms with Crippen molar-refractivity contribution >= 4 is 22.7 Å². The van der Waals surface area contributed by atoms with Gasteiger partial charge < -0.3 is 23.9 Å². The minimum atomic E-state index is -0.587. The molecule has 5 rings (SSSR count). The third-order valence-electron chi connectivity index (χ3n) is 6.60. The van der Waals surface area contributed by atoms with Gasteiger partial charge in [-0.25, -0.2) is 0 Å². The molecule has 0 radical (unpaired) electrons. The average molecular weight is 436 g/mol. The lowest BCUT2D eigenvalue weighted by Gasteiger charge is -2.32. The summed E-state index contributed by atoms with van der Waals surface area (Å²) < 4.78 is 21.9. The maximum absolute atomic E-state index is 13.0. The maximum Gasteiger partial charge on any atom is 0.235 e. The number of aromatic amines is 1. The van der Waals surface area contributed by atoms with Crippen LogP contribution in [0.3, 0.4) is 0 Å². The standard InChI is InChI=1S/C24H24N2O6/c1-29-12-5-6-15-14(9-12)19-16(25-15)10-13(20-21(19)24(28)26-23(20)27)11-7-17(30-2)22(32-4)18(8-11)31-3/h5-9,13,20-21,25H,10H2,1-4H3,(H,26,27,28)/t13-,20+,21-/m1/s1. The molecule has 2 N–H and O–H groups in total. The first-order chi connectivity index (χ1) is 15.5. The number of imide groups is 1. The van der Waals surface area contributed by atoms with Gasteiger partial charge >= 0.3 is 0 Å². The fourth-order valence-corrected chi connectivity index (χ4v) is 5.20. The molecular formula is C24H24N2O6. The molecule has 2 aliphatic rings. The summed E-state index contributed by atoms with van der Waals surface area (Å²) in [6.45, 7) is 0. The Hall–Kier alpha value is -3.68. The van der Waals surface area contributed by atoms with E-state index in [9.17, 15) is 9.59 Å². The summed E-state index contributed by atoms with van der Waals surface area (Å²) in [6, 6.07) is 9.44. The Kier molecular flexibility index (Phi) is 4.73. The molecule has 3 aromatic rings. The van der Waals surface area contributed by atoms with Crippen LogP contribution in [0, 0.1) is 5.92 Å². The van der Waals surface area contributed by atoms with Crippen LogP contribution in [0.2, 0.25) is 0 Å². The van der Waals surface area contributed by atoms with Crippen molar-refractivity contribution in [3.63, 3.8) is 0 Å². The number of ether oxygens (including phenoxy) is 4. The second-order valence-corrected chi connectivity index (χ2v) is 8.05. The first kappa shape index (κ1) is 20.2. The molecule has 1 aliphatic heterocycles. The minimum Gasteiger partial charge on any atom is -0.497 e. The number of carbonyl (C=O) groups is 2. The van der Waals surface area contributed by atoms with Crippen molar-refractivity contribution in [1.29, 1.82) is 0 Å². The van der Waals surface area contributed by atoms with Crippen molar-refractivity contribution in [2.75, 3.05) is 28.4 Å². The minimum absolute atomic E-state index is 0.248. The molecule has 2 aromatic carbocycles. The molecule has 0 bridgehead atoms. The Bertz CT molecular complexity index is 1220. The van der Waals surface area contributed by atoms with Gasteiger partial charge in [-0.2, -0.15) is 0 Å². The molecule has 3 atom stereocenters. The second kappa shape index (κ2) is 7.47. The number of carbonyl (C=O) groups excluding carboxylic acids is 2. The largest absolute Gasteiger partial charge is 0.497 e. The predicted octanol–water partition coefficient (Wildman–Crippen LogP) is 2.90. The van der Waals surface area contributed by atoms with Crippen LogP contribution in [0.4, 0.5) is 0 Å². The fourth-order valence-electron chi connectivity index (χ4n) is 5.20. The number of hydrogen-bond acceptors (Lipinski definition) is 6. The maximum atomic E-state index is 13.0. The van der Waals surface area contributed by atoms with E-state index in [-0.39, 0.29) is 17.7 Å². The van der Waals surface area contributed by atoms with Gasteiger partial charge in [-0.1, -0.05) is 0 Å². The monoisotopic (exact) mass is 436 g/mol. The highest BCUT2D eigenvalue weighted by Gasteiger charge is 2.52. The highest BCUT2D eigenvalue weighted by molar-refractivity contribution is 6.10.